The smallest absolute Gasteiger partial charge is 0.374 e. The van der Waals surface area contributed by atoms with Crippen molar-refractivity contribution in [1.29, 1.82) is 0 Å². The fourth-order valence-corrected chi connectivity index (χ4v) is 3.05. The lowest BCUT2D eigenvalue weighted by Crippen LogP contribution is -2.19. The van der Waals surface area contributed by atoms with Crippen LogP contribution >= 0.6 is 11.3 Å². The number of Topliss-reactive ketones (excluding diaryl/α,β-unsaturated/α-hetero) is 2. The molecule has 2 aromatic rings. The summed E-state index contributed by atoms with van der Waals surface area (Å²) < 4.78 is 4.30. The monoisotopic (exact) mass is 318 g/mol. The van der Waals surface area contributed by atoms with E-state index in [4.69, 9.17) is 0 Å². The molecule has 0 radical (unpaired) electrons. The highest BCUT2D eigenvalue weighted by Crippen LogP contribution is 2.32. The van der Waals surface area contributed by atoms with E-state index in [0.29, 0.717) is 4.88 Å². The number of esters is 1. The lowest BCUT2D eigenvalue weighted by atomic mass is 10.1. The summed E-state index contributed by atoms with van der Waals surface area (Å²) in [6.45, 7) is 1.77. The van der Waals surface area contributed by atoms with Crippen molar-refractivity contribution in [3.05, 3.63) is 40.8 Å². The van der Waals surface area contributed by atoms with E-state index >= 15 is 0 Å². The number of aromatic hydroxyl groups is 1. The molecule has 1 aromatic heterocycles. The number of phenolic OH excluding ortho intramolecular Hbond substituents is 1. The van der Waals surface area contributed by atoms with Gasteiger partial charge >= 0.3 is 5.97 Å². The predicted molar refractivity (Wildman–Crippen MR) is 82.1 cm³/mol. The van der Waals surface area contributed by atoms with E-state index in [1.807, 2.05) is 6.07 Å². The second-order valence-electron chi connectivity index (χ2n) is 4.68. The zero-order valence-corrected chi connectivity index (χ0v) is 12.9. The Balaban J connectivity index is 2.22. The molecular formula is C16H14O5S. The van der Waals surface area contributed by atoms with Crippen molar-refractivity contribution < 1.29 is 24.2 Å². The van der Waals surface area contributed by atoms with Crippen LogP contribution in [0.3, 0.4) is 0 Å². The topological polar surface area (TPSA) is 80.7 Å². The molecule has 0 spiro atoms. The highest BCUT2D eigenvalue weighted by molar-refractivity contribution is 7.17. The molecule has 0 aliphatic carbocycles. The first-order chi connectivity index (χ1) is 10.4. The summed E-state index contributed by atoms with van der Waals surface area (Å²) in [6.07, 6.45) is -0.497. The molecule has 2 rings (SSSR count). The standard InChI is InChI=1S/C16H14O5S/c1-9-7-14(10-3-5-11(17)6-4-10)22-15(9)12(18)8-13(19)16(20)21-2/h3-7,17H,8H2,1-2H3. The van der Waals surface area contributed by atoms with Crippen LogP contribution in [0.5, 0.6) is 5.75 Å². The molecule has 22 heavy (non-hydrogen) atoms. The van der Waals surface area contributed by atoms with E-state index in [1.165, 1.54) is 11.3 Å². The molecule has 0 unspecified atom stereocenters. The molecule has 1 aromatic carbocycles. The molecule has 6 heteroatoms. The van der Waals surface area contributed by atoms with Crippen LogP contribution in [0.4, 0.5) is 0 Å². The van der Waals surface area contributed by atoms with Crippen LogP contribution in [-0.4, -0.2) is 29.8 Å². The van der Waals surface area contributed by atoms with Gasteiger partial charge in [-0.2, -0.15) is 0 Å². The number of thiophene rings is 1. The van der Waals surface area contributed by atoms with Crippen LogP contribution in [0.25, 0.3) is 10.4 Å². The van der Waals surface area contributed by atoms with Crippen LogP contribution in [0, 0.1) is 6.92 Å². The Bertz CT molecular complexity index is 727. The quantitative estimate of drug-likeness (QED) is 0.397. The molecular weight excluding hydrogens is 304 g/mol. The van der Waals surface area contributed by atoms with E-state index in [1.54, 1.807) is 31.2 Å². The van der Waals surface area contributed by atoms with Gasteiger partial charge in [-0.3, -0.25) is 9.59 Å². The molecule has 0 saturated heterocycles. The van der Waals surface area contributed by atoms with Crippen molar-refractivity contribution >= 4 is 28.9 Å². The minimum absolute atomic E-state index is 0.164. The fourth-order valence-electron chi connectivity index (χ4n) is 1.94. The highest BCUT2D eigenvalue weighted by Gasteiger charge is 2.22. The number of ether oxygens (including phenoxy) is 1. The Kier molecular flexibility index (Phi) is 4.72. The average molecular weight is 318 g/mol. The normalized spacial score (nSPS) is 10.3. The Labute approximate surface area is 131 Å². The first-order valence-corrected chi connectivity index (χ1v) is 7.28. The zero-order chi connectivity index (χ0) is 16.3. The van der Waals surface area contributed by atoms with Crippen molar-refractivity contribution in [2.75, 3.05) is 7.11 Å². The Morgan fingerprint density at radius 3 is 2.41 bits per heavy atom. The van der Waals surface area contributed by atoms with Crippen LogP contribution in [0.1, 0.15) is 21.7 Å². The SMILES string of the molecule is COC(=O)C(=O)CC(=O)c1sc(-c2ccc(O)cc2)cc1C. The minimum Gasteiger partial charge on any atom is -0.508 e. The molecule has 1 N–H and O–H groups in total. The second-order valence-corrected chi connectivity index (χ2v) is 5.74. The summed E-state index contributed by atoms with van der Waals surface area (Å²) >= 11 is 1.25. The molecule has 0 aliphatic heterocycles. The number of methoxy groups -OCH3 is 1. The van der Waals surface area contributed by atoms with E-state index in [2.05, 4.69) is 4.74 Å². The van der Waals surface area contributed by atoms with Gasteiger partial charge in [-0.05, 0) is 48.4 Å². The first kappa shape index (κ1) is 15.9. The number of rotatable bonds is 5. The zero-order valence-electron chi connectivity index (χ0n) is 12.1. The van der Waals surface area contributed by atoms with Crippen LogP contribution in [0.15, 0.2) is 30.3 Å². The second kappa shape index (κ2) is 6.53. The third-order valence-corrected chi connectivity index (χ3v) is 4.38. The number of carbonyl (C=O) groups is 3. The van der Waals surface area contributed by atoms with Crippen molar-refractivity contribution in [1.82, 2.24) is 0 Å². The third kappa shape index (κ3) is 3.40. The Morgan fingerprint density at radius 1 is 1.18 bits per heavy atom. The summed E-state index contributed by atoms with van der Waals surface area (Å²) in [5, 5.41) is 9.29. The van der Waals surface area contributed by atoms with E-state index in [0.717, 1.165) is 23.1 Å². The van der Waals surface area contributed by atoms with Crippen LogP contribution in [-0.2, 0) is 14.3 Å². The van der Waals surface area contributed by atoms with Gasteiger partial charge in [0, 0.05) is 4.88 Å². The Hall–Kier alpha value is -2.47. The maximum Gasteiger partial charge on any atom is 0.374 e. The molecule has 0 fully saturated rings. The molecule has 0 bridgehead atoms. The molecule has 1 heterocycles. The number of ketones is 2. The third-order valence-electron chi connectivity index (χ3n) is 3.06. The summed E-state index contributed by atoms with van der Waals surface area (Å²) in [6, 6.07) is 8.45. The molecule has 0 amide bonds. The molecule has 5 nitrogen and oxygen atoms in total. The van der Waals surface area contributed by atoms with Gasteiger partial charge in [-0.15, -0.1) is 11.3 Å². The van der Waals surface area contributed by atoms with Crippen molar-refractivity contribution in [3.63, 3.8) is 0 Å². The van der Waals surface area contributed by atoms with Gasteiger partial charge in [-0.1, -0.05) is 0 Å². The largest absolute Gasteiger partial charge is 0.508 e. The summed E-state index contributed by atoms with van der Waals surface area (Å²) in [4.78, 5) is 36.0. The van der Waals surface area contributed by atoms with E-state index in [9.17, 15) is 19.5 Å². The number of benzene rings is 1. The molecule has 0 saturated carbocycles. The van der Waals surface area contributed by atoms with Gasteiger partial charge in [0.25, 0.3) is 0 Å². The average Bonchev–Trinajstić information content (AvgIpc) is 2.89. The van der Waals surface area contributed by atoms with Crippen molar-refractivity contribution in [2.24, 2.45) is 0 Å². The number of phenols is 1. The van der Waals surface area contributed by atoms with Gasteiger partial charge in [-0.25, -0.2) is 4.79 Å². The van der Waals surface area contributed by atoms with Crippen LogP contribution < -0.4 is 0 Å². The molecule has 0 atom stereocenters. The number of carbonyl (C=O) groups excluding carboxylic acids is 3. The van der Waals surface area contributed by atoms with Crippen molar-refractivity contribution in [2.45, 2.75) is 13.3 Å². The predicted octanol–water partition coefficient (Wildman–Crippen LogP) is 2.74. The van der Waals surface area contributed by atoms with Gasteiger partial charge < -0.3 is 9.84 Å². The lowest BCUT2D eigenvalue weighted by Gasteiger charge is -1.99. The first-order valence-electron chi connectivity index (χ1n) is 6.46. The molecule has 114 valence electrons. The van der Waals surface area contributed by atoms with Gasteiger partial charge in [0.05, 0.1) is 18.4 Å². The number of aryl methyl sites for hydroxylation is 1. The van der Waals surface area contributed by atoms with Gasteiger partial charge in [0.15, 0.2) is 5.78 Å². The summed E-state index contributed by atoms with van der Waals surface area (Å²) in [5.74, 6) is -2.10. The van der Waals surface area contributed by atoms with Crippen molar-refractivity contribution in [3.8, 4) is 16.2 Å². The summed E-state index contributed by atoms with van der Waals surface area (Å²) in [5.41, 5.74) is 1.61. The number of hydrogen-bond donors (Lipinski definition) is 1. The van der Waals surface area contributed by atoms with Gasteiger partial charge in [0.1, 0.15) is 5.75 Å². The maximum atomic E-state index is 12.1. The Morgan fingerprint density at radius 2 is 1.82 bits per heavy atom. The molecule has 0 aliphatic rings. The maximum absolute atomic E-state index is 12.1. The minimum atomic E-state index is -1.01. The van der Waals surface area contributed by atoms with Gasteiger partial charge in [0.2, 0.25) is 5.78 Å². The van der Waals surface area contributed by atoms with Crippen LogP contribution in [0.2, 0.25) is 0 Å². The number of hydrogen-bond acceptors (Lipinski definition) is 6. The lowest BCUT2D eigenvalue weighted by molar-refractivity contribution is -0.151. The van der Waals surface area contributed by atoms with E-state index < -0.39 is 24.0 Å². The highest BCUT2D eigenvalue weighted by atomic mass is 32.1. The summed E-state index contributed by atoms with van der Waals surface area (Å²) in [7, 11) is 1.10. The fraction of sp³-hybridized carbons (Fsp3) is 0.188. The van der Waals surface area contributed by atoms with E-state index in [-0.39, 0.29) is 5.75 Å².